The van der Waals surface area contributed by atoms with E-state index in [1.54, 1.807) is 6.20 Å². The third kappa shape index (κ3) is 2.40. The molecule has 6 heteroatoms. The Balaban J connectivity index is 1.85. The predicted molar refractivity (Wildman–Crippen MR) is 76.6 cm³/mol. The second kappa shape index (κ2) is 5.05. The van der Waals surface area contributed by atoms with E-state index < -0.39 is 11.9 Å². The van der Waals surface area contributed by atoms with E-state index in [2.05, 4.69) is 10.6 Å². The summed E-state index contributed by atoms with van der Waals surface area (Å²) in [6, 6.07) is 6.91. The Morgan fingerprint density at radius 2 is 2.10 bits per heavy atom. The minimum atomic E-state index is -0.658. The molecule has 6 nitrogen and oxygen atoms in total. The minimum Gasteiger partial charge on any atom is -0.350 e. The van der Waals surface area contributed by atoms with E-state index in [9.17, 15) is 14.4 Å². The van der Waals surface area contributed by atoms with Crippen LogP contribution in [0.15, 0.2) is 30.5 Å². The molecule has 1 aliphatic heterocycles. The average Bonchev–Trinajstić information content (AvgIpc) is 2.80. The van der Waals surface area contributed by atoms with Gasteiger partial charge in [0.2, 0.25) is 11.8 Å². The number of carbonyl (C=O) groups is 3. The zero-order chi connectivity index (χ0) is 15.0. The maximum absolute atomic E-state index is 12.4. The van der Waals surface area contributed by atoms with Crippen LogP contribution in [0.3, 0.4) is 0 Å². The van der Waals surface area contributed by atoms with Gasteiger partial charge in [0, 0.05) is 30.6 Å². The number of carbonyl (C=O) groups excluding carboxylic acids is 3. The van der Waals surface area contributed by atoms with Gasteiger partial charge in [-0.15, -0.1) is 0 Å². The lowest BCUT2D eigenvalue weighted by Crippen LogP contribution is -2.52. The van der Waals surface area contributed by atoms with Crippen LogP contribution in [-0.4, -0.2) is 28.3 Å². The number of nitrogens with one attached hydrogen (secondary N) is 2. The molecule has 0 aliphatic carbocycles. The molecular formula is C15H15N3O3. The van der Waals surface area contributed by atoms with Gasteiger partial charge in [0.05, 0.1) is 5.56 Å². The van der Waals surface area contributed by atoms with Gasteiger partial charge in [-0.05, 0) is 12.5 Å². The number of hydrogen-bond donors (Lipinski definition) is 2. The van der Waals surface area contributed by atoms with Crippen molar-refractivity contribution in [3.05, 3.63) is 36.0 Å². The van der Waals surface area contributed by atoms with Crippen molar-refractivity contribution in [1.82, 2.24) is 15.2 Å². The molecule has 0 spiro atoms. The van der Waals surface area contributed by atoms with Gasteiger partial charge in [-0.2, -0.15) is 0 Å². The number of imide groups is 1. The van der Waals surface area contributed by atoms with Crippen LogP contribution in [0.2, 0.25) is 0 Å². The topological polar surface area (TPSA) is 80.2 Å². The third-order valence-electron chi connectivity index (χ3n) is 3.69. The van der Waals surface area contributed by atoms with E-state index in [0.717, 1.165) is 10.9 Å². The van der Waals surface area contributed by atoms with Crippen LogP contribution < -0.4 is 10.6 Å². The molecule has 0 bridgehead atoms. The summed E-state index contributed by atoms with van der Waals surface area (Å²) in [5.74, 6) is -1.04. The lowest BCUT2D eigenvalue weighted by Gasteiger charge is -2.21. The monoisotopic (exact) mass is 285 g/mol. The van der Waals surface area contributed by atoms with E-state index in [1.165, 1.54) is 0 Å². The molecule has 1 aromatic heterocycles. The molecule has 1 fully saturated rings. The van der Waals surface area contributed by atoms with Crippen LogP contribution in [0.25, 0.3) is 10.9 Å². The van der Waals surface area contributed by atoms with Gasteiger partial charge in [0.1, 0.15) is 6.04 Å². The number of amides is 3. The third-order valence-corrected chi connectivity index (χ3v) is 3.69. The molecule has 108 valence electrons. The van der Waals surface area contributed by atoms with Gasteiger partial charge in [0.25, 0.3) is 5.91 Å². The SMILES string of the molecule is Cn1cc(C(=O)NC2CCC(=O)NC2=O)c2ccccc21. The van der Waals surface area contributed by atoms with Crippen molar-refractivity contribution >= 4 is 28.6 Å². The highest BCUT2D eigenvalue weighted by Gasteiger charge is 2.28. The number of fused-ring (bicyclic) bond motifs is 1. The quantitative estimate of drug-likeness (QED) is 0.798. The van der Waals surface area contributed by atoms with Crippen molar-refractivity contribution < 1.29 is 14.4 Å². The molecule has 1 aromatic carbocycles. The summed E-state index contributed by atoms with van der Waals surface area (Å²) in [6.07, 6.45) is 2.32. The molecule has 2 heterocycles. The van der Waals surface area contributed by atoms with Gasteiger partial charge in [-0.3, -0.25) is 19.7 Å². The second-order valence-electron chi connectivity index (χ2n) is 5.15. The fourth-order valence-corrected chi connectivity index (χ4v) is 2.59. The summed E-state index contributed by atoms with van der Waals surface area (Å²) in [5, 5.41) is 5.76. The van der Waals surface area contributed by atoms with Gasteiger partial charge in [-0.25, -0.2) is 0 Å². The molecule has 0 radical (unpaired) electrons. The number of aryl methyl sites for hydroxylation is 1. The first-order valence-corrected chi connectivity index (χ1v) is 6.75. The summed E-state index contributed by atoms with van der Waals surface area (Å²) in [4.78, 5) is 35.2. The van der Waals surface area contributed by atoms with Crippen molar-refractivity contribution in [1.29, 1.82) is 0 Å². The van der Waals surface area contributed by atoms with E-state index in [-0.39, 0.29) is 18.2 Å². The minimum absolute atomic E-state index is 0.242. The summed E-state index contributed by atoms with van der Waals surface area (Å²) in [5.41, 5.74) is 1.48. The first kappa shape index (κ1) is 13.4. The van der Waals surface area contributed by atoms with Crippen LogP contribution >= 0.6 is 0 Å². The normalized spacial score (nSPS) is 18.6. The first-order chi connectivity index (χ1) is 10.1. The largest absolute Gasteiger partial charge is 0.350 e. The Morgan fingerprint density at radius 1 is 1.33 bits per heavy atom. The van der Waals surface area contributed by atoms with Crippen LogP contribution in [-0.2, 0) is 16.6 Å². The number of nitrogens with zero attached hydrogens (tertiary/aromatic N) is 1. The highest BCUT2D eigenvalue weighted by molar-refractivity contribution is 6.09. The number of aromatic nitrogens is 1. The fraction of sp³-hybridized carbons (Fsp3) is 0.267. The lowest BCUT2D eigenvalue weighted by molar-refractivity contribution is -0.134. The number of benzene rings is 1. The smallest absolute Gasteiger partial charge is 0.254 e. The maximum Gasteiger partial charge on any atom is 0.254 e. The molecule has 3 rings (SSSR count). The van der Waals surface area contributed by atoms with E-state index >= 15 is 0 Å². The Kier molecular flexibility index (Phi) is 3.21. The van der Waals surface area contributed by atoms with E-state index in [1.807, 2.05) is 35.9 Å². The molecule has 2 aromatic rings. The highest BCUT2D eigenvalue weighted by atomic mass is 16.2. The van der Waals surface area contributed by atoms with Crippen LogP contribution in [0.1, 0.15) is 23.2 Å². The van der Waals surface area contributed by atoms with Crippen molar-refractivity contribution in [2.24, 2.45) is 7.05 Å². The number of rotatable bonds is 2. The molecule has 0 saturated carbocycles. The summed E-state index contributed by atoms with van der Waals surface area (Å²) in [7, 11) is 1.87. The maximum atomic E-state index is 12.4. The molecule has 2 N–H and O–H groups in total. The zero-order valence-electron chi connectivity index (χ0n) is 11.6. The zero-order valence-corrected chi connectivity index (χ0v) is 11.6. The summed E-state index contributed by atoms with van der Waals surface area (Å²) < 4.78 is 1.87. The van der Waals surface area contributed by atoms with Crippen molar-refractivity contribution in [2.45, 2.75) is 18.9 Å². The van der Waals surface area contributed by atoms with Gasteiger partial charge in [0.15, 0.2) is 0 Å². The molecule has 1 saturated heterocycles. The van der Waals surface area contributed by atoms with Gasteiger partial charge >= 0.3 is 0 Å². The standard InChI is InChI=1S/C15H15N3O3/c1-18-8-10(9-4-2-3-5-12(9)18)14(20)16-11-6-7-13(19)17-15(11)21/h2-5,8,11H,6-7H2,1H3,(H,16,20)(H,17,19,21). The Morgan fingerprint density at radius 3 is 2.86 bits per heavy atom. The number of para-hydroxylation sites is 1. The molecule has 3 amide bonds. The molecule has 1 unspecified atom stereocenters. The first-order valence-electron chi connectivity index (χ1n) is 6.75. The molecule has 1 atom stereocenters. The Hall–Kier alpha value is -2.63. The van der Waals surface area contributed by atoms with Crippen molar-refractivity contribution in [3.8, 4) is 0 Å². The summed E-state index contributed by atoms with van der Waals surface area (Å²) in [6.45, 7) is 0. The second-order valence-corrected chi connectivity index (χ2v) is 5.15. The number of hydrogen-bond acceptors (Lipinski definition) is 3. The Bertz CT molecular complexity index is 748. The van der Waals surface area contributed by atoms with Gasteiger partial charge in [-0.1, -0.05) is 18.2 Å². The fourth-order valence-electron chi connectivity index (χ4n) is 2.59. The molecular weight excluding hydrogens is 270 g/mol. The van der Waals surface area contributed by atoms with E-state index in [4.69, 9.17) is 0 Å². The van der Waals surface area contributed by atoms with Crippen molar-refractivity contribution in [3.63, 3.8) is 0 Å². The highest BCUT2D eigenvalue weighted by Crippen LogP contribution is 2.20. The van der Waals surface area contributed by atoms with Gasteiger partial charge < -0.3 is 9.88 Å². The summed E-state index contributed by atoms with van der Waals surface area (Å²) >= 11 is 0. The number of piperidine rings is 1. The van der Waals surface area contributed by atoms with Crippen molar-refractivity contribution in [2.75, 3.05) is 0 Å². The lowest BCUT2D eigenvalue weighted by atomic mass is 10.1. The Labute approximate surface area is 121 Å². The average molecular weight is 285 g/mol. The van der Waals surface area contributed by atoms with E-state index in [0.29, 0.717) is 12.0 Å². The van der Waals surface area contributed by atoms with Crippen LogP contribution in [0.4, 0.5) is 0 Å². The molecule has 1 aliphatic rings. The van der Waals surface area contributed by atoms with Crippen LogP contribution in [0.5, 0.6) is 0 Å². The molecule has 21 heavy (non-hydrogen) atoms. The van der Waals surface area contributed by atoms with Crippen LogP contribution in [0, 0.1) is 0 Å². The predicted octanol–water partition coefficient (Wildman–Crippen LogP) is 0.713.